The van der Waals surface area contributed by atoms with Gasteiger partial charge in [-0.2, -0.15) is 0 Å². The first-order valence-corrected chi connectivity index (χ1v) is 5.59. The first kappa shape index (κ1) is 12.1. The van der Waals surface area contributed by atoms with Crippen molar-refractivity contribution in [1.29, 1.82) is 0 Å². The van der Waals surface area contributed by atoms with Crippen molar-refractivity contribution in [3.8, 4) is 5.75 Å². The van der Waals surface area contributed by atoms with Crippen molar-refractivity contribution in [3.05, 3.63) is 29.3 Å². The fraction of sp³-hybridized carbons (Fsp3) is 0.538. The average Bonchev–Trinajstić information content (AvgIpc) is 2.19. The molecule has 1 aromatic carbocycles. The summed E-state index contributed by atoms with van der Waals surface area (Å²) < 4.78 is 5.66. The predicted octanol–water partition coefficient (Wildman–Crippen LogP) is 2.89. The van der Waals surface area contributed by atoms with Crippen LogP contribution in [0, 0.1) is 6.92 Å². The molecule has 2 nitrogen and oxygen atoms in total. The Balaban J connectivity index is 2.80. The van der Waals surface area contributed by atoms with Crippen LogP contribution in [0.4, 0.5) is 0 Å². The van der Waals surface area contributed by atoms with Gasteiger partial charge in [0.05, 0.1) is 6.61 Å². The molecule has 84 valence electrons. The monoisotopic (exact) mass is 207 g/mol. The number of nitrogens with one attached hydrogen (secondary N) is 1. The molecule has 0 heterocycles. The van der Waals surface area contributed by atoms with Crippen LogP contribution in [0.3, 0.4) is 0 Å². The second-order valence-corrected chi connectivity index (χ2v) is 4.03. The van der Waals surface area contributed by atoms with E-state index in [4.69, 9.17) is 4.74 Å². The van der Waals surface area contributed by atoms with Gasteiger partial charge in [-0.3, -0.25) is 0 Å². The topological polar surface area (TPSA) is 21.3 Å². The molecule has 0 fully saturated rings. The van der Waals surface area contributed by atoms with Crippen LogP contribution in [-0.2, 0) is 6.54 Å². The molecule has 0 aromatic heterocycles. The SMILES string of the molecule is CCOc1c(C)cccc1CNC(C)C. The quantitative estimate of drug-likeness (QED) is 0.801. The van der Waals surface area contributed by atoms with Crippen molar-refractivity contribution in [2.75, 3.05) is 6.61 Å². The van der Waals surface area contributed by atoms with E-state index in [1.54, 1.807) is 0 Å². The lowest BCUT2D eigenvalue weighted by molar-refractivity contribution is 0.332. The van der Waals surface area contributed by atoms with Crippen molar-refractivity contribution < 1.29 is 4.74 Å². The lowest BCUT2D eigenvalue weighted by Gasteiger charge is -2.14. The minimum atomic E-state index is 0.500. The Bertz CT molecular complexity index is 307. The van der Waals surface area contributed by atoms with Gasteiger partial charge in [-0.1, -0.05) is 32.0 Å². The van der Waals surface area contributed by atoms with Gasteiger partial charge in [0.15, 0.2) is 0 Å². The smallest absolute Gasteiger partial charge is 0.126 e. The molecule has 0 aliphatic rings. The van der Waals surface area contributed by atoms with E-state index in [0.29, 0.717) is 6.04 Å². The normalized spacial score (nSPS) is 10.7. The molecule has 0 atom stereocenters. The Labute approximate surface area is 92.6 Å². The summed E-state index contributed by atoms with van der Waals surface area (Å²) in [6, 6.07) is 6.78. The van der Waals surface area contributed by atoms with Crippen LogP contribution in [0.25, 0.3) is 0 Å². The second-order valence-electron chi connectivity index (χ2n) is 4.03. The van der Waals surface area contributed by atoms with Gasteiger partial charge in [-0.05, 0) is 19.4 Å². The maximum absolute atomic E-state index is 5.66. The molecule has 1 rings (SSSR count). The largest absolute Gasteiger partial charge is 0.493 e. The Hall–Kier alpha value is -1.02. The molecule has 1 aromatic rings. The zero-order chi connectivity index (χ0) is 11.3. The lowest BCUT2D eigenvalue weighted by Crippen LogP contribution is -2.22. The summed E-state index contributed by atoms with van der Waals surface area (Å²) in [7, 11) is 0. The highest BCUT2D eigenvalue weighted by atomic mass is 16.5. The standard InChI is InChI=1S/C13H21NO/c1-5-15-13-11(4)7-6-8-12(13)9-14-10(2)3/h6-8,10,14H,5,9H2,1-4H3. The van der Waals surface area contributed by atoms with Crippen molar-refractivity contribution in [3.63, 3.8) is 0 Å². The highest BCUT2D eigenvalue weighted by molar-refractivity contribution is 5.40. The number of aryl methyl sites for hydroxylation is 1. The van der Waals surface area contributed by atoms with E-state index >= 15 is 0 Å². The van der Waals surface area contributed by atoms with Crippen molar-refractivity contribution in [2.24, 2.45) is 0 Å². The zero-order valence-corrected chi connectivity index (χ0v) is 10.1. The fourth-order valence-corrected chi connectivity index (χ4v) is 1.52. The van der Waals surface area contributed by atoms with E-state index in [9.17, 15) is 0 Å². The van der Waals surface area contributed by atoms with E-state index in [1.807, 2.05) is 6.92 Å². The molecule has 15 heavy (non-hydrogen) atoms. The minimum Gasteiger partial charge on any atom is -0.493 e. The Kier molecular flexibility index (Phi) is 4.63. The van der Waals surface area contributed by atoms with E-state index in [-0.39, 0.29) is 0 Å². The summed E-state index contributed by atoms with van der Waals surface area (Å²) >= 11 is 0. The number of benzene rings is 1. The average molecular weight is 207 g/mol. The third-order valence-electron chi connectivity index (χ3n) is 2.28. The number of ether oxygens (including phenoxy) is 1. The van der Waals surface area contributed by atoms with E-state index in [1.165, 1.54) is 11.1 Å². The molecule has 0 amide bonds. The second kappa shape index (κ2) is 5.76. The van der Waals surface area contributed by atoms with Gasteiger partial charge < -0.3 is 10.1 Å². The number of para-hydroxylation sites is 1. The number of hydrogen-bond acceptors (Lipinski definition) is 2. The Morgan fingerprint density at radius 1 is 1.33 bits per heavy atom. The van der Waals surface area contributed by atoms with Crippen LogP contribution in [0.15, 0.2) is 18.2 Å². The first-order chi connectivity index (χ1) is 7.15. The summed E-state index contributed by atoms with van der Waals surface area (Å²) in [5.41, 5.74) is 2.45. The molecule has 0 spiro atoms. The van der Waals surface area contributed by atoms with E-state index in [0.717, 1.165) is 18.9 Å². The third-order valence-corrected chi connectivity index (χ3v) is 2.28. The van der Waals surface area contributed by atoms with Crippen LogP contribution in [0.1, 0.15) is 31.9 Å². The molecular formula is C13H21NO. The van der Waals surface area contributed by atoms with Crippen molar-refractivity contribution in [2.45, 2.75) is 40.3 Å². The fourth-order valence-electron chi connectivity index (χ4n) is 1.52. The van der Waals surface area contributed by atoms with Crippen LogP contribution >= 0.6 is 0 Å². The third kappa shape index (κ3) is 3.56. The Morgan fingerprint density at radius 2 is 2.07 bits per heavy atom. The van der Waals surface area contributed by atoms with Gasteiger partial charge in [0, 0.05) is 18.2 Å². The highest BCUT2D eigenvalue weighted by Gasteiger charge is 2.06. The van der Waals surface area contributed by atoms with Crippen molar-refractivity contribution >= 4 is 0 Å². The van der Waals surface area contributed by atoms with Crippen LogP contribution in [-0.4, -0.2) is 12.6 Å². The van der Waals surface area contributed by atoms with Crippen LogP contribution < -0.4 is 10.1 Å². The molecule has 0 aliphatic carbocycles. The van der Waals surface area contributed by atoms with Gasteiger partial charge in [-0.25, -0.2) is 0 Å². The van der Waals surface area contributed by atoms with Gasteiger partial charge in [-0.15, -0.1) is 0 Å². The predicted molar refractivity (Wildman–Crippen MR) is 64.3 cm³/mol. The lowest BCUT2D eigenvalue weighted by atomic mass is 10.1. The number of rotatable bonds is 5. The molecular weight excluding hydrogens is 186 g/mol. The highest BCUT2D eigenvalue weighted by Crippen LogP contribution is 2.23. The van der Waals surface area contributed by atoms with Gasteiger partial charge >= 0.3 is 0 Å². The van der Waals surface area contributed by atoms with Crippen LogP contribution in [0.5, 0.6) is 5.75 Å². The van der Waals surface area contributed by atoms with Gasteiger partial charge in [0.1, 0.15) is 5.75 Å². The summed E-state index contributed by atoms with van der Waals surface area (Å²) in [6.45, 7) is 10.00. The summed E-state index contributed by atoms with van der Waals surface area (Å²) in [5.74, 6) is 1.04. The van der Waals surface area contributed by atoms with E-state index in [2.05, 4.69) is 44.3 Å². The first-order valence-electron chi connectivity index (χ1n) is 5.59. The maximum atomic E-state index is 5.66. The molecule has 2 heteroatoms. The van der Waals surface area contributed by atoms with Gasteiger partial charge in [0.2, 0.25) is 0 Å². The summed E-state index contributed by atoms with van der Waals surface area (Å²) in [4.78, 5) is 0. The molecule has 0 unspecified atom stereocenters. The number of hydrogen-bond donors (Lipinski definition) is 1. The summed E-state index contributed by atoms with van der Waals surface area (Å²) in [5, 5.41) is 3.41. The van der Waals surface area contributed by atoms with Gasteiger partial charge in [0.25, 0.3) is 0 Å². The van der Waals surface area contributed by atoms with E-state index < -0.39 is 0 Å². The molecule has 1 N–H and O–H groups in total. The molecule has 0 saturated heterocycles. The summed E-state index contributed by atoms with van der Waals surface area (Å²) in [6.07, 6.45) is 0. The molecule has 0 radical (unpaired) electrons. The molecule has 0 bridgehead atoms. The molecule has 0 saturated carbocycles. The Morgan fingerprint density at radius 3 is 2.67 bits per heavy atom. The van der Waals surface area contributed by atoms with Crippen LogP contribution in [0.2, 0.25) is 0 Å². The minimum absolute atomic E-state index is 0.500. The maximum Gasteiger partial charge on any atom is 0.126 e. The van der Waals surface area contributed by atoms with Crippen molar-refractivity contribution in [1.82, 2.24) is 5.32 Å². The zero-order valence-electron chi connectivity index (χ0n) is 10.1. The molecule has 0 aliphatic heterocycles.